The van der Waals surface area contributed by atoms with Crippen molar-refractivity contribution in [3.8, 4) is 11.5 Å². The van der Waals surface area contributed by atoms with Crippen molar-refractivity contribution >= 4 is 29.6 Å². The van der Waals surface area contributed by atoms with Crippen molar-refractivity contribution in [1.29, 1.82) is 0 Å². The summed E-state index contributed by atoms with van der Waals surface area (Å²) in [5, 5.41) is 8.68. The smallest absolute Gasteiger partial charge is 0.329 e. The second-order valence-electron chi connectivity index (χ2n) is 6.32. The average molecular weight is 412 g/mol. The summed E-state index contributed by atoms with van der Waals surface area (Å²) in [6, 6.07) is 10.6. The van der Waals surface area contributed by atoms with E-state index >= 15 is 0 Å². The normalized spacial score (nSPS) is 10.4. The van der Waals surface area contributed by atoms with Gasteiger partial charge in [-0.25, -0.2) is 5.43 Å². The number of nitrogens with zero attached hydrogens (tertiary/aromatic N) is 1. The first-order valence-electron chi connectivity index (χ1n) is 9.07. The maximum absolute atomic E-state index is 12.2. The van der Waals surface area contributed by atoms with Crippen LogP contribution in [0.5, 0.6) is 11.5 Å². The molecule has 0 radical (unpaired) electrons. The fourth-order valence-corrected chi connectivity index (χ4v) is 2.37. The lowest BCUT2D eigenvalue weighted by atomic mass is 10.1. The molecule has 2 aromatic carbocycles. The van der Waals surface area contributed by atoms with Gasteiger partial charge in [-0.1, -0.05) is 6.07 Å². The maximum atomic E-state index is 12.2. The number of anilines is 1. The molecule has 30 heavy (non-hydrogen) atoms. The van der Waals surface area contributed by atoms with Gasteiger partial charge in [-0.2, -0.15) is 5.10 Å². The van der Waals surface area contributed by atoms with Crippen molar-refractivity contribution in [3.05, 3.63) is 53.1 Å². The topological polar surface area (TPSA) is 118 Å². The molecule has 0 aliphatic heterocycles. The van der Waals surface area contributed by atoms with Crippen LogP contribution in [0, 0.1) is 13.8 Å². The summed E-state index contributed by atoms with van der Waals surface area (Å²) < 4.78 is 10.8. The molecule has 0 unspecified atom stereocenters. The molecule has 9 nitrogen and oxygen atoms in total. The molecule has 2 rings (SSSR count). The van der Waals surface area contributed by atoms with Crippen LogP contribution in [0.4, 0.5) is 5.69 Å². The van der Waals surface area contributed by atoms with E-state index in [-0.39, 0.29) is 12.5 Å². The van der Waals surface area contributed by atoms with Crippen LogP contribution in [0.15, 0.2) is 41.5 Å². The lowest BCUT2D eigenvalue weighted by molar-refractivity contribution is -0.138. The van der Waals surface area contributed by atoms with Gasteiger partial charge >= 0.3 is 11.8 Å². The highest BCUT2D eigenvalue weighted by Gasteiger charge is 2.10. The Hall–Kier alpha value is -3.88. The van der Waals surface area contributed by atoms with Gasteiger partial charge < -0.3 is 20.1 Å². The van der Waals surface area contributed by atoms with E-state index < -0.39 is 11.8 Å². The molecule has 0 saturated heterocycles. The molecule has 3 N–H and O–H groups in total. The number of rotatable bonds is 7. The molecule has 158 valence electrons. The van der Waals surface area contributed by atoms with Gasteiger partial charge in [0.05, 0.1) is 13.3 Å². The Labute approximate surface area is 174 Å². The number of carbonyl (C=O) groups is 3. The number of nitrogens with one attached hydrogen (secondary N) is 3. The van der Waals surface area contributed by atoms with E-state index in [1.165, 1.54) is 20.4 Å². The molecule has 0 fully saturated rings. The lowest BCUT2D eigenvalue weighted by Gasteiger charge is -2.12. The molecule has 0 spiro atoms. The predicted molar refractivity (Wildman–Crippen MR) is 113 cm³/mol. The fourth-order valence-electron chi connectivity index (χ4n) is 2.37. The molecular weight excluding hydrogens is 388 g/mol. The van der Waals surface area contributed by atoms with E-state index in [0.717, 1.165) is 11.1 Å². The summed E-state index contributed by atoms with van der Waals surface area (Å²) in [5.74, 6) is -1.22. The first kappa shape index (κ1) is 22.4. The highest BCUT2D eigenvalue weighted by atomic mass is 16.5. The Morgan fingerprint density at radius 3 is 2.43 bits per heavy atom. The highest BCUT2D eigenvalue weighted by molar-refractivity contribution is 6.35. The van der Waals surface area contributed by atoms with Crippen molar-refractivity contribution in [1.82, 2.24) is 10.7 Å². The molecule has 0 aliphatic rings. The minimum absolute atomic E-state index is 0.196. The molecule has 0 heterocycles. The van der Waals surface area contributed by atoms with Gasteiger partial charge in [-0.05, 0) is 60.9 Å². The van der Waals surface area contributed by atoms with Gasteiger partial charge in [0.1, 0.15) is 0 Å². The second-order valence-corrected chi connectivity index (χ2v) is 6.32. The zero-order chi connectivity index (χ0) is 22.1. The molecule has 9 heteroatoms. The molecule has 3 amide bonds. The maximum Gasteiger partial charge on any atom is 0.329 e. The van der Waals surface area contributed by atoms with E-state index in [1.807, 2.05) is 32.0 Å². The van der Waals surface area contributed by atoms with Gasteiger partial charge in [0.25, 0.3) is 5.91 Å². The zero-order valence-electron chi connectivity index (χ0n) is 17.2. The number of aryl methyl sites for hydroxylation is 2. The third-order valence-corrected chi connectivity index (χ3v) is 4.15. The number of carbonyl (C=O) groups excluding carboxylic acids is 3. The van der Waals surface area contributed by atoms with Gasteiger partial charge in [0.2, 0.25) is 0 Å². The Balaban J connectivity index is 1.95. The first-order chi connectivity index (χ1) is 14.3. The SMILES string of the molecule is CNC(=O)C(=O)NN=Cc1ccc(OCC(=O)Nc2ccc(C)c(C)c2)c(OC)c1. The van der Waals surface area contributed by atoms with Crippen LogP contribution in [0.25, 0.3) is 0 Å². The summed E-state index contributed by atoms with van der Waals surface area (Å²) in [4.78, 5) is 34.6. The minimum atomic E-state index is -0.879. The van der Waals surface area contributed by atoms with Crippen LogP contribution in [-0.2, 0) is 14.4 Å². The predicted octanol–water partition coefficient (Wildman–Crippen LogP) is 1.53. The third-order valence-electron chi connectivity index (χ3n) is 4.15. The van der Waals surface area contributed by atoms with Crippen LogP contribution in [-0.4, -0.2) is 44.7 Å². The second kappa shape index (κ2) is 10.6. The molecule has 2 aromatic rings. The van der Waals surface area contributed by atoms with Crippen LogP contribution in [0.1, 0.15) is 16.7 Å². The number of hydrogen-bond donors (Lipinski definition) is 3. The van der Waals surface area contributed by atoms with Gasteiger partial charge in [0.15, 0.2) is 18.1 Å². The van der Waals surface area contributed by atoms with E-state index in [0.29, 0.717) is 22.7 Å². The molecule has 0 bridgehead atoms. The zero-order valence-corrected chi connectivity index (χ0v) is 17.2. The molecule has 0 aromatic heterocycles. The Morgan fingerprint density at radius 2 is 1.77 bits per heavy atom. The number of methoxy groups -OCH3 is 1. The van der Waals surface area contributed by atoms with Crippen molar-refractivity contribution in [3.63, 3.8) is 0 Å². The monoisotopic (exact) mass is 412 g/mol. The summed E-state index contributed by atoms with van der Waals surface area (Å²) in [6.07, 6.45) is 1.35. The molecular formula is C21H24N4O5. The number of amides is 3. The Morgan fingerprint density at radius 1 is 1.00 bits per heavy atom. The van der Waals surface area contributed by atoms with Crippen LogP contribution in [0.2, 0.25) is 0 Å². The van der Waals surface area contributed by atoms with Crippen molar-refractivity contribution in [2.75, 3.05) is 26.1 Å². The largest absolute Gasteiger partial charge is 0.493 e. The highest BCUT2D eigenvalue weighted by Crippen LogP contribution is 2.27. The first-order valence-corrected chi connectivity index (χ1v) is 9.07. The Bertz CT molecular complexity index is 972. The third kappa shape index (κ3) is 6.33. The van der Waals surface area contributed by atoms with Gasteiger partial charge in [-0.15, -0.1) is 0 Å². The van der Waals surface area contributed by atoms with Crippen molar-refractivity contribution in [2.24, 2.45) is 5.10 Å². The molecule has 0 saturated carbocycles. The molecule has 0 aliphatic carbocycles. The summed E-state index contributed by atoms with van der Waals surface area (Å²) >= 11 is 0. The standard InChI is InChI=1S/C21H24N4O5/c1-13-5-7-16(9-14(13)2)24-19(26)12-30-17-8-6-15(10-18(17)29-4)11-23-25-21(28)20(27)22-3/h5-11H,12H2,1-4H3,(H,22,27)(H,24,26)(H,25,28). The Kier molecular flexibility index (Phi) is 7.92. The van der Waals surface area contributed by atoms with Crippen molar-refractivity contribution in [2.45, 2.75) is 13.8 Å². The number of likely N-dealkylation sites (N-methyl/N-ethyl adjacent to an activating group) is 1. The lowest BCUT2D eigenvalue weighted by Crippen LogP contribution is -2.35. The van der Waals surface area contributed by atoms with E-state index in [4.69, 9.17) is 9.47 Å². The van der Waals surface area contributed by atoms with E-state index in [9.17, 15) is 14.4 Å². The van der Waals surface area contributed by atoms with E-state index in [1.54, 1.807) is 18.2 Å². The van der Waals surface area contributed by atoms with Crippen LogP contribution >= 0.6 is 0 Å². The minimum Gasteiger partial charge on any atom is -0.493 e. The van der Waals surface area contributed by atoms with Crippen LogP contribution in [0.3, 0.4) is 0 Å². The number of hydrogen-bond acceptors (Lipinski definition) is 6. The number of hydrazone groups is 1. The summed E-state index contributed by atoms with van der Waals surface area (Å²) in [7, 11) is 2.81. The fraction of sp³-hybridized carbons (Fsp3) is 0.238. The number of benzene rings is 2. The van der Waals surface area contributed by atoms with Crippen molar-refractivity contribution < 1.29 is 23.9 Å². The quantitative estimate of drug-likeness (QED) is 0.362. The van der Waals surface area contributed by atoms with Crippen LogP contribution < -0.4 is 25.5 Å². The average Bonchev–Trinajstić information content (AvgIpc) is 2.74. The summed E-state index contributed by atoms with van der Waals surface area (Å²) in [6.45, 7) is 3.78. The summed E-state index contributed by atoms with van der Waals surface area (Å²) in [5.41, 5.74) is 5.62. The van der Waals surface area contributed by atoms with Gasteiger partial charge in [-0.3, -0.25) is 14.4 Å². The van der Waals surface area contributed by atoms with E-state index in [2.05, 4.69) is 21.2 Å². The van der Waals surface area contributed by atoms with Gasteiger partial charge in [0, 0.05) is 12.7 Å². The number of ether oxygens (including phenoxy) is 2. The molecule has 0 atom stereocenters.